The van der Waals surface area contributed by atoms with E-state index in [0.717, 1.165) is 11.7 Å². The third-order valence-electron chi connectivity index (χ3n) is 3.46. The highest BCUT2D eigenvalue weighted by Gasteiger charge is 2.14. The van der Waals surface area contributed by atoms with Gasteiger partial charge in [0.1, 0.15) is 5.82 Å². The molecule has 0 saturated carbocycles. The van der Waals surface area contributed by atoms with Crippen LogP contribution in [0.5, 0.6) is 0 Å². The van der Waals surface area contributed by atoms with Crippen LogP contribution in [0, 0.1) is 5.82 Å². The maximum atomic E-state index is 13.0. The van der Waals surface area contributed by atoms with Crippen LogP contribution in [0.3, 0.4) is 0 Å². The highest BCUT2D eigenvalue weighted by molar-refractivity contribution is 5.93. The van der Waals surface area contributed by atoms with Crippen molar-refractivity contribution in [3.8, 4) is 0 Å². The molecule has 3 aromatic heterocycles. The summed E-state index contributed by atoms with van der Waals surface area (Å²) in [6, 6.07) is 4.88. The maximum absolute atomic E-state index is 13.0. The van der Waals surface area contributed by atoms with Gasteiger partial charge in [0.05, 0.1) is 23.6 Å². The quantitative estimate of drug-likeness (QED) is 0.644. The van der Waals surface area contributed by atoms with Gasteiger partial charge in [0, 0.05) is 24.8 Å². The molecule has 24 heavy (non-hydrogen) atoms. The maximum Gasteiger partial charge on any atom is 0.287 e. The number of pyridine rings is 2. The number of hydrogen-bond acceptors (Lipinski definition) is 5. The fourth-order valence-corrected chi connectivity index (χ4v) is 2.26. The molecule has 1 atom stereocenters. The molecule has 3 heterocycles. The minimum atomic E-state index is -0.389. The summed E-state index contributed by atoms with van der Waals surface area (Å²) in [5, 5.41) is 5.93. The molecule has 0 unspecified atom stereocenters. The molecular weight excluding hydrogens is 311 g/mol. The molecule has 3 N–H and O–H groups in total. The van der Waals surface area contributed by atoms with Gasteiger partial charge in [0.2, 0.25) is 0 Å². The average molecular weight is 328 g/mol. The minimum absolute atomic E-state index is 0.0762. The van der Waals surface area contributed by atoms with Gasteiger partial charge >= 0.3 is 0 Å². The van der Waals surface area contributed by atoms with Crippen LogP contribution in [-0.4, -0.2) is 38.4 Å². The molecule has 0 fully saturated rings. The summed E-state index contributed by atoms with van der Waals surface area (Å²) in [6.45, 7) is 2.47. The molecule has 0 aliphatic rings. The monoisotopic (exact) mass is 328 g/mol. The molecule has 0 bridgehead atoms. The van der Waals surface area contributed by atoms with Gasteiger partial charge in [0.15, 0.2) is 11.5 Å². The van der Waals surface area contributed by atoms with Crippen LogP contribution < -0.4 is 10.6 Å². The summed E-state index contributed by atoms with van der Waals surface area (Å²) in [5.41, 5.74) is 1.84. The van der Waals surface area contributed by atoms with E-state index >= 15 is 0 Å². The van der Waals surface area contributed by atoms with Crippen LogP contribution in [0.4, 0.5) is 10.1 Å². The van der Waals surface area contributed by atoms with Gasteiger partial charge in [-0.1, -0.05) is 0 Å². The molecule has 8 heteroatoms. The second kappa shape index (κ2) is 7.03. The Morgan fingerprint density at radius 1 is 1.42 bits per heavy atom. The second-order valence-electron chi connectivity index (χ2n) is 5.44. The van der Waals surface area contributed by atoms with E-state index in [9.17, 15) is 9.18 Å². The van der Waals surface area contributed by atoms with E-state index in [4.69, 9.17) is 0 Å². The molecule has 0 radical (unpaired) electrons. The van der Waals surface area contributed by atoms with E-state index in [1.807, 2.05) is 13.0 Å². The lowest BCUT2D eigenvalue weighted by Crippen LogP contribution is -2.34. The van der Waals surface area contributed by atoms with Crippen molar-refractivity contribution < 1.29 is 9.18 Å². The van der Waals surface area contributed by atoms with Gasteiger partial charge < -0.3 is 15.6 Å². The smallest absolute Gasteiger partial charge is 0.287 e. The van der Waals surface area contributed by atoms with Crippen LogP contribution in [-0.2, 0) is 0 Å². The molecule has 1 amide bonds. The summed E-state index contributed by atoms with van der Waals surface area (Å²) >= 11 is 0. The predicted octanol–water partition coefficient (Wildman–Crippen LogP) is 2.11. The van der Waals surface area contributed by atoms with Crippen LogP contribution in [0.1, 0.15) is 24.0 Å². The molecule has 0 aromatic carbocycles. The topological polar surface area (TPSA) is 95.6 Å². The van der Waals surface area contributed by atoms with Crippen molar-refractivity contribution in [3.63, 3.8) is 0 Å². The van der Waals surface area contributed by atoms with Crippen molar-refractivity contribution in [2.75, 3.05) is 11.9 Å². The number of hydrogen-bond donors (Lipinski definition) is 3. The number of amides is 1. The predicted molar refractivity (Wildman–Crippen MR) is 88.1 cm³/mol. The number of nitrogens with zero attached hydrogens (tertiary/aromatic N) is 3. The zero-order valence-electron chi connectivity index (χ0n) is 13.1. The van der Waals surface area contributed by atoms with Gasteiger partial charge in [-0.2, -0.15) is 0 Å². The molecular formula is C16H17FN6O. The van der Waals surface area contributed by atoms with E-state index in [0.29, 0.717) is 24.3 Å². The fraction of sp³-hybridized carbons (Fsp3) is 0.250. The number of H-pyrrole nitrogens is 1. The van der Waals surface area contributed by atoms with Crippen LogP contribution in [0.25, 0.3) is 11.2 Å². The number of nitrogens with one attached hydrogen (secondary N) is 3. The highest BCUT2D eigenvalue weighted by Crippen LogP contribution is 2.09. The Morgan fingerprint density at radius 3 is 3.08 bits per heavy atom. The van der Waals surface area contributed by atoms with E-state index in [1.54, 1.807) is 18.5 Å². The van der Waals surface area contributed by atoms with Crippen LogP contribution >= 0.6 is 0 Å². The molecule has 0 spiro atoms. The van der Waals surface area contributed by atoms with Crippen LogP contribution in [0.2, 0.25) is 0 Å². The molecule has 3 aromatic rings. The first-order valence-electron chi connectivity index (χ1n) is 7.58. The van der Waals surface area contributed by atoms with Gasteiger partial charge in [-0.15, -0.1) is 0 Å². The van der Waals surface area contributed by atoms with Gasteiger partial charge in [-0.25, -0.2) is 14.4 Å². The van der Waals surface area contributed by atoms with Gasteiger partial charge in [-0.3, -0.25) is 9.78 Å². The number of aromatic nitrogens is 4. The summed E-state index contributed by atoms with van der Waals surface area (Å²) in [4.78, 5) is 27.1. The van der Waals surface area contributed by atoms with Crippen molar-refractivity contribution >= 4 is 22.8 Å². The highest BCUT2D eigenvalue weighted by atomic mass is 19.1. The lowest BCUT2D eigenvalue weighted by atomic mass is 10.2. The lowest BCUT2D eigenvalue weighted by Gasteiger charge is -2.13. The number of aromatic amines is 1. The number of carbonyl (C=O) groups is 1. The average Bonchev–Trinajstić information content (AvgIpc) is 2.99. The van der Waals surface area contributed by atoms with Crippen molar-refractivity contribution in [2.45, 2.75) is 19.4 Å². The van der Waals surface area contributed by atoms with Crippen LogP contribution in [0.15, 0.2) is 36.8 Å². The summed E-state index contributed by atoms with van der Waals surface area (Å²) in [5.74, 6) is -0.439. The number of fused-ring (bicyclic) bond motifs is 1. The summed E-state index contributed by atoms with van der Waals surface area (Å²) in [7, 11) is 0. The Labute approximate surface area is 137 Å². The summed E-state index contributed by atoms with van der Waals surface area (Å²) < 4.78 is 13.0. The molecule has 7 nitrogen and oxygen atoms in total. The SMILES string of the molecule is C[C@@H](CCNc1cncc(F)c1)NC(=O)c1nc2ncccc2[nH]1. The van der Waals surface area contributed by atoms with Crippen molar-refractivity contribution in [3.05, 3.63) is 48.4 Å². The molecule has 0 aliphatic carbocycles. The first kappa shape index (κ1) is 15.9. The van der Waals surface area contributed by atoms with Gasteiger partial charge in [-0.05, 0) is 25.5 Å². The number of rotatable bonds is 6. The zero-order valence-corrected chi connectivity index (χ0v) is 13.1. The minimum Gasteiger partial charge on any atom is -0.384 e. The fourth-order valence-electron chi connectivity index (χ4n) is 2.26. The van der Waals surface area contributed by atoms with E-state index < -0.39 is 0 Å². The van der Waals surface area contributed by atoms with Crippen molar-refractivity contribution in [1.29, 1.82) is 0 Å². The number of imidazole rings is 1. The van der Waals surface area contributed by atoms with Gasteiger partial charge in [0.25, 0.3) is 5.91 Å². The first-order valence-corrected chi connectivity index (χ1v) is 7.58. The normalized spacial score (nSPS) is 12.1. The Morgan fingerprint density at radius 2 is 2.29 bits per heavy atom. The van der Waals surface area contributed by atoms with Crippen molar-refractivity contribution in [2.24, 2.45) is 0 Å². The third kappa shape index (κ3) is 3.83. The van der Waals surface area contributed by atoms with E-state index in [1.165, 1.54) is 6.07 Å². The Hall–Kier alpha value is -3.03. The number of anilines is 1. The number of halogens is 1. The van der Waals surface area contributed by atoms with E-state index in [-0.39, 0.29) is 23.6 Å². The Bertz CT molecular complexity index is 816. The molecule has 124 valence electrons. The zero-order chi connectivity index (χ0) is 16.9. The molecule has 0 aliphatic heterocycles. The number of carbonyl (C=O) groups excluding carboxylic acids is 1. The molecule has 0 saturated heterocycles. The summed E-state index contributed by atoms with van der Waals surface area (Å²) in [6.07, 6.45) is 4.99. The van der Waals surface area contributed by atoms with Crippen molar-refractivity contribution in [1.82, 2.24) is 25.3 Å². The third-order valence-corrected chi connectivity index (χ3v) is 3.46. The largest absolute Gasteiger partial charge is 0.384 e. The first-order chi connectivity index (χ1) is 11.6. The van der Waals surface area contributed by atoms with E-state index in [2.05, 4.69) is 30.6 Å². The standard InChI is InChI=1S/C16H17FN6O/c1-10(4-6-19-12-7-11(17)8-18-9-12)21-16(24)15-22-13-3-2-5-20-14(13)23-15/h2-3,5,7-10,19H,4,6H2,1H3,(H,21,24)(H,20,22,23)/t10-/m0/s1. The second-order valence-corrected chi connectivity index (χ2v) is 5.44. The lowest BCUT2D eigenvalue weighted by molar-refractivity contribution is 0.0930. The Kier molecular flexibility index (Phi) is 4.64. The molecule has 3 rings (SSSR count). The Balaban J connectivity index is 1.50.